The summed E-state index contributed by atoms with van der Waals surface area (Å²) in [7, 11) is 0. The third-order valence-electron chi connectivity index (χ3n) is 6.92. The summed E-state index contributed by atoms with van der Waals surface area (Å²) in [4.78, 5) is 37.6. The minimum absolute atomic E-state index is 0.00411. The summed E-state index contributed by atoms with van der Waals surface area (Å²) in [6.07, 6.45) is -0.981. The molecule has 2 N–H and O–H groups in total. The van der Waals surface area contributed by atoms with Crippen LogP contribution in [0, 0.1) is 17.1 Å². The number of rotatable bonds is 8. The zero-order valence-electron chi connectivity index (χ0n) is 20.3. The smallest absolute Gasteiger partial charge is 0.282 e. The molecule has 1 aliphatic carbocycles. The van der Waals surface area contributed by atoms with Crippen molar-refractivity contribution < 1.29 is 29.0 Å². The Labute approximate surface area is 222 Å². The third-order valence-corrected chi connectivity index (χ3v) is 7.17. The number of halogens is 2. The van der Waals surface area contributed by atoms with E-state index in [0.717, 1.165) is 5.06 Å². The lowest BCUT2D eigenvalue weighted by molar-refractivity contribution is -0.206. The number of aliphatic hydroxyl groups is 2. The molecule has 194 valence electrons. The first kappa shape index (κ1) is 25.9. The van der Waals surface area contributed by atoms with Crippen LogP contribution < -0.4 is 0 Å². The Bertz CT molecular complexity index is 1480. The molecule has 2 aliphatic rings. The molecule has 0 spiro atoms. The Morgan fingerprint density at radius 1 is 1.24 bits per heavy atom. The maximum Gasteiger partial charge on any atom is 0.282 e. The molecule has 2 aromatic carbocycles. The van der Waals surface area contributed by atoms with Gasteiger partial charge in [-0.2, -0.15) is 10.3 Å². The number of fused-ring (bicyclic) bond motifs is 1. The van der Waals surface area contributed by atoms with Gasteiger partial charge in [0, 0.05) is 28.3 Å². The maximum absolute atomic E-state index is 16.1. The molecule has 1 saturated carbocycles. The molecule has 0 bridgehead atoms. The zero-order valence-corrected chi connectivity index (χ0v) is 21.1. The Morgan fingerprint density at radius 2 is 1.95 bits per heavy atom. The summed E-state index contributed by atoms with van der Waals surface area (Å²) in [6, 6.07) is 15.8. The van der Waals surface area contributed by atoms with E-state index in [1.807, 2.05) is 6.07 Å². The van der Waals surface area contributed by atoms with Gasteiger partial charge in [-0.15, -0.1) is 0 Å². The molecule has 1 unspecified atom stereocenters. The van der Waals surface area contributed by atoms with Gasteiger partial charge in [0.2, 0.25) is 0 Å². The molecule has 2 atom stereocenters. The summed E-state index contributed by atoms with van der Waals surface area (Å²) < 4.78 is 16.1. The number of nitriles is 1. The number of pyridine rings is 1. The number of benzene rings is 2. The van der Waals surface area contributed by atoms with Crippen LogP contribution in [-0.2, 0) is 21.6 Å². The van der Waals surface area contributed by atoms with Crippen LogP contribution >= 0.6 is 11.6 Å². The Morgan fingerprint density at radius 3 is 2.58 bits per heavy atom. The van der Waals surface area contributed by atoms with Gasteiger partial charge < -0.3 is 10.2 Å². The quantitative estimate of drug-likeness (QED) is 0.450. The van der Waals surface area contributed by atoms with Crippen molar-refractivity contribution in [2.24, 2.45) is 0 Å². The van der Waals surface area contributed by atoms with Gasteiger partial charge >= 0.3 is 0 Å². The Kier molecular flexibility index (Phi) is 6.53. The monoisotopic (exact) mass is 535 g/mol. The second kappa shape index (κ2) is 9.57. The predicted molar refractivity (Wildman–Crippen MR) is 134 cm³/mol. The number of nitrogens with zero attached hydrogens (tertiary/aromatic N) is 3. The number of aliphatic hydroxyl groups excluding tert-OH is 1. The van der Waals surface area contributed by atoms with Crippen molar-refractivity contribution >= 4 is 23.3 Å². The number of Topliss-reactive ketones (excluding diaryl/α,β-unsaturated/α-hetero) is 1. The lowest BCUT2D eigenvalue weighted by atomic mass is 9.79. The van der Waals surface area contributed by atoms with E-state index in [0.29, 0.717) is 23.4 Å². The first-order chi connectivity index (χ1) is 18.1. The average molecular weight is 536 g/mol. The highest BCUT2D eigenvalue weighted by molar-refractivity contribution is 6.30. The zero-order chi connectivity index (χ0) is 27.2. The molecule has 5 rings (SSSR count). The maximum atomic E-state index is 16.1. The molecule has 10 heteroatoms. The van der Waals surface area contributed by atoms with E-state index in [9.17, 15) is 25.1 Å². The number of ketones is 1. The van der Waals surface area contributed by atoms with Crippen LogP contribution in [0.25, 0.3) is 11.1 Å². The summed E-state index contributed by atoms with van der Waals surface area (Å²) in [5.74, 6) is -2.62. The van der Waals surface area contributed by atoms with E-state index in [4.69, 9.17) is 16.4 Å². The lowest BCUT2D eigenvalue weighted by Gasteiger charge is -2.37. The van der Waals surface area contributed by atoms with Gasteiger partial charge in [-0.05, 0) is 49.6 Å². The van der Waals surface area contributed by atoms with Gasteiger partial charge in [0.05, 0.1) is 11.2 Å². The van der Waals surface area contributed by atoms with Gasteiger partial charge in [-0.1, -0.05) is 41.9 Å². The van der Waals surface area contributed by atoms with Crippen molar-refractivity contribution in [3.8, 4) is 17.2 Å². The van der Waals surface area contributed by atoms with Crippen LogP contribution in [0.4, 0.5) is 4.39 Å². The number of amides is 1. The van der Waals surface area contributed by atoms with Crippen LogP contribution in [0.5, 0.6) is 0 Å². The third kappa shape index (κ3) is 4.36. The van der Waals surface area contributed by atoms with Crippen molar-refractivity contribution in [3.05, 3.63) is 88.0 Å². The van der Waals surface area contributed by atoms with Crippen molar-refractivity contribution in [2.45, 2.75) is 43.4 Å². The van der Waals surface area contributed by atoms with Gasteiger partial charge in [0.1, 0.15) is 30.3 Å². The van der Waals surface area contributed by atoms with Crippen molar-refractivity contribution in [1.82, 2.24) is 10.0 Å². The minimum atomic E-state index is -2.01. The normalized spacial score (nSPS) is 20.1. The van der Waals surface area contributed by atoms with Crippen molar-refractivity contribution in [2.75, 3.05) is 6.61 Å². The number of carbonyl (C=O) groups is 2. The molecule has 38 heavy (non-hydrogen) atoms. The highest BCUT2D eigenvalue weighted by atomic mass is 35.5. The molecule has 8 nitrogen and oxygen atoms in total. The first-order valence-corrected chi connectivity index (χ1v) is 12.3. The highest BCUT2D eigenvalue weighted by Crippen LogP contribution is 2.47. The standard InChI is InChI=1S/C28H23ClFN3O5/c1-16(34)25(35)28(13-19-3-2-4-20(14-31)32-19)22-10-9-21(17-5-7-18(29)8-6-17)24(30)23(22)26(36)33(28)38-15-27(37)11-12-27/h2-10,16,34,37H,11-13,15H2,1H3/t16?,28-/m1/s1. The molecular formula is C28H23ClFN3O5. The fraction of sp³-hybridized carbons (Fsp3) is 0.286. The van der Waals surface area contributed by atoms with Crippen molar-refractivity contribution in [1.29, 1.82) is 5.26 Å². The number of hydrogen-bond donors (Lipinski definition) is 2. The fourth-order valence-corrected chi connectivity index (χ4v) is 4.87. The predicted octanol–water partition coefficient (Wildman–Crippen LogP) is 3.71. The number of hydrogen-bond acceptors (Lipinski definition) is 7. The molecule has 1 fully saturated rings. The number of hydroxylamine groups is 2. The van der Waals surface area contributed by atoms with Crippen LogP contribution in [0.3, 0.4) is 0 Å². The van der Waals surface area contributed by atoms with Gasteiger partial charge in [0.15, 0.2) is 11.3 Å². The van der Waals surface area contributed by atoms with E-state index in [2.05, 4.69) is 4.98 Å². The van der Waals surface area contributed by atoms with E-state index in [1.165, 1.54) is 25.1 Å². The topological polar surface area (TPSA) is 124 Å². The second-order valence-electron chi connectivity index (χ2n) is 9.66. The summed E-state index contributed by atoms with van der Waals surface area (Å²) in [6.45, 7) is 0.940. The summed E-state index contributed by atoms with van der Waals surface area (Å²) in [5, 5.41) is 31.4. The second-order valence-corrected chi connectivity index (χ2v) is 10.1. The first-order valence-electron chi connectivity index (χ1n) is 12.0. The van der Waals surface area contributed by atoms with E-state index in [-0.39, 0.29) is 41.1 Å². The van der Waals surface area contributed by atoms with Crippen LogP contribution in [0.15, 0.2) is 54.6 Å². The van der Waals surface area contributed by atoms with E-state index < -0.39 is 34.8 Å². The molecular weight excluding hydrogens is 513 g/mol. The van der Waals surface area contributed by atoms with Crippen LogP contribution in [-0.4, -0.2) is 50.3 Å². The summed E-state index contributed by atoms with van der Waals surface area (Å²) in [5.41, 5.74) is -2.66. The Hall–Kier alpha value is -3.68. The highest BCUT2D eigenvalue weighted by Gasteiger charge is 2.59. The van der Waals surface area contributed by atoms with E-state index >= 15 is 4.39 Å². The molecule has 1 aromatic heterocycles. The van der Waals surface area contributed by atoms with Crippen LogP contribution in [0.2, 0.25) is 5.02 Å². The molecule has 3 aromatic rings. The lowest BCUT2D eigenvalue weighted by Crippen LogP contribution is -2.55. The van der Waals surface area contributed by atoms with E-state index in [1.54, 1.807) is 36.4 Å². The fourth-order valence-electron chi connectivity index (χ4n) is 4.74. The number of aromatic nitrogens is 1. The molecule has 0 saturated heterocycles. The molecule has 0 radical (unpaired) electrons. The summed E-state index contributed by atoms with van der Waals surface area (Å²) >= 11 is 5.97. The molecule has 1 aliphatic heterocycles. The number of carbonyl (C=O) groups excluding carboxylic acids is 2. The van der Waals surface area contributed by atoms with Gasteiger partial charge in [-0.25, -0.2) is 9.37 Å². The van der Waals surface area contributed by atoms with Gasteiger partial charge in [0.25, 0.3) is 5.91 Å². The average Bonchev–Trinajstić information content (AvgIpc) is 3.59. The SMILES string of the molecule is CC(O)C(=O)[C@@]1(Cc2cccc(C#N)n2)c2ccc(-c3ccc(Cl)cc3)c(F)c2C(=O)N1OCC1(O)CC1. The van der Waals surface area contributed by atoms with Gasteiger partial charge in [-0.3, -0.25) is 14.4 Å². The minimum Gasteiger partial charge on any atom is -0.387 e. The Balaban J connectivity index is 1.71. The van der Waals surface area contributed by atoms with Crippen molar-refractivity contribution in [3.63, 3.8) is 0 Å². The van der Waals surface area contributed by atoms with Crippen LogP contribution in [0.1, 0.15) is 47.1 Å². The molecule has 1 amide bonds. The largest absolute Gasteiger partial charge is 0.387 e. The molecule has 2 heterocycles.